The van der Waals surface area contributed by atoms with Crippen molar-refractivity contribution in [2.75, 3.05) is 20.2 Å². The number of amides is 2. The van der Waals surface area contributed by atoms with Crippen LogP contribution in [-0.4, -0.2) is 41.7 Å². The number of methoxy groups -OCH3 is 1. The first-order chi connectivity index (χ1) is 15.1. The topological polar surface area (TPSA) is 63.6 Å². The number of urea groups is 1. The van der Waals surface area contributed by atoms with E-state index in [2.05, 4.69) is 5.32 Å². The first-order valence-corrected chi connectivity index (χ1v) is 11.6. The molecular formula is C25H31N3O3. The van der Waals surface area contributed by atoms with Gasteiger partial charge in [-0.1, -0.05) is 31.4 Å². The maximum Gasteiger partial charge on any atom is 0.317 e. The summed E-state index contributed by atoms with van der Waals surface area (Å²) in [4.78, 5) is 27.7. The van der Waals surface area contributed by atoms with Gasteiger partial charge in [0.15, 0.2) is 0 Å². The molecule has 2 atom stereocenters. The van der Waals surface area contributed by atoms with Gasteiger partial charge in [-0.3, -0.25) is 4.79 Å². The number of aromatic nitrogens is 1. The number of piperidine rings is 1. The highest BCUT2D eigenvalue weighted by atomic mass is 16.5. The number of nitrogens with one attached hydrogen (secondary N) is 1. The summed E-state index contributed by atoms with van der Waals surface area (Å²) in [5.74, 6) is 1.32. The number of benzene rings is 1. The molecule has 6 nitrogen and oxygen atoms in total. The molecule has 6 heteroatoms. The first-order valence-electron chi connectivity index (χ1n) is 11.6. The lowest BCUT2D eigenvalue weighted by Crippen LogP contribution is -2.53. The Bertz CT molecular complexity index is 1010. The van der Waals surface area contributed by atoms with Crippen LogP contribution in [0.25, 0.3) is 11.1 Å². The minimum absolute atomic E-state index is 0.0575. The zero-order chi connectivity index (χ0) is 21.4. The molecule has 0 radical (unpaired) electrons. The molecule has 0 spiro atoms. The van der Waals surface area contributed by atoms with Crippen molar-refractivity contribution in [3.63, 3.8) is 0 Å². The van der Waals surface area contributed by atoms with Crippen molar-refractivity contribution in [3.05, 3.63) is 52.4 Å². The van der Waals surface area contributed by atoms with E-state index in [-0.39, 0.29) is 17.5 Å². The van der Waals surface area contributed by atoms with Crippen molar-refractivity contribution in [2.45, 2.75) is 57.0 Å². The number of rotatable bonds is 3. The maximum atomic E-state index is 13.0. The predicted octanol–water partition coefficient (Wildman–Crippen LogP) is 3.99. The third-order valence-corrected chi connectivity index (χ3v) is 7.21. The summed E-state index contributed by atoms with van der Waals surface area (Å²) >= 11 is 0. The molecule has 2 aliphatic heterocycles. The summed E-state index contributed by atoms with van der Waals surface area (Å²) < 4.78 is 7.25. The lowest BCUT2D eigenvalue weighted by molar-refractivity contribution is 0.127. The molecule has 3 heterocycles. The van der Waals surface area contributed by atoms with Gasteiger partial charge in [0.2, 0.25) is 0 Å². The van der Waals surface area contributed by atoms with Crippen LogP contribution in [0.4, 0.5) is 4.79 Å². The Kier molecular flexibility index (Phi) is 5.47. The Labute approximate surface area is 183 Å². The van der Waals surface area contributed by atoms with Gasteiger partial charge in [-0.05, 0) is 48.9 Å². The third kappa shape index (κ3) is 3.95. The van der Waals surface area contributed by atoms with Crippen molar-refractivity contribution in [1.82, 2.24) is 14.8 Å². The van der Waals surface area contributed by atoms with E-state index in [0.717, 1.165) is 48.4 Å². The average molecular weight is 422 g/mol. The van der Waals surface area contributed by atoms with Gasteiger partial charge in [-0.25, -0.2) is 4.79 Å². The van der Waals surface area contributed by atoms with Gasteiger partial charge in [0.25, 0.3) is 5.56 Å². The van der Waals surface area contributed by atoms with Crippen LogP contribution in [0.1, 0.15) is 50.1 Å². The Morgan fingerprint density at radius 1 is 1.00 bits per heavy atom. The summed E-state index contributed by atoms with van der Waals surface area (Å²) in [7, 11) is 1.66. The molecule has 31 heavy (non-hydrogen) atoms. The SMILES string of the molecule is COc1ccc(-c2ccc(=O)n3c2[C@H]2C[C@@H](CN(C(=O)NC4CCCCC4)C2)C3)cc1. The lowest BCUT2D eigenvalue weighted by Gasteiger charge is -2.44. The average Bonchev–Trinajstić information content (AvgIpc) is 2.80. The fourth-order valence-corrected chi connectivity index (χ4v) is 5.71. The highest BCUT2D eigenvalue weighted by Crippen LogP contribution is 2.40. The number of pyridine rings is 1. The van der Waals surface area contributed by atoms with Crippen molar-refractivity contribution >= 4 is 6.03 Å². The van der Waals surface area contributed by atoms with E-state index in [1.165, 1.54) is 19.3 Å². The van der Waals surface area contributed by atoms with Gasteiger partial charge in [0, 0.05) is 48.9 Å². The summed E-state index contributed by atoms with van der Waals surface area (Å²) in [6, 6.07) is 12.0. The molecule has 1 aromatic heterocycles. The Morgan fingerprint density at radius 3 is 2.52 bits per heavy atom. The van der Waals surface area contributed by atoms with Gasteiger partial charge >= 0.3 is 6.03 Å². The van der Waals surface area contributed by atoms with Crippen LogP contribution in [0.2, 0.25) is 0 Å². The van der Waals surface area contributed by atoms with E-state index in [4.69, 9.17) is 4.74 Å². The van der Waals surface area contributed by atoms with E-state index in [1.54, 1.807) is 13.2 Å². The molecule has 1 saturated carbocycles. The molecule has 1 saturated heterocycles. The van der Waals surface area contributed by atoms with Crippen LogP contribution >= 0.6 is 0 Å². The van der Waals surface area contributed by atoms with Gasteiger partial charge < -0.3 is 19.5 Å². The minimum Gasteiger partial charge on any atom is -0.497 e. The molecule has 2 fully saturated rings. The molecule has 2 aromatic rings. The van der Waals surface area contributed by atoms with Gasteiger partial charge in [0.05, 0.1) is 7.11 Å². The molecule has 1 aromatic carbocycles. The van der Waals surface area contributed by atoms with Gasteiger partial charge in [-0.2, -0.15) is 0 Å². The van der Waals surface area contributed by atoms with Crippen molar-refractivity contribution < 1.29 is 9.53 Å². The molecule has 3 aliphatic rings. The van der Waals surface area contributed by atoms with E-state index in [1.807, 2.05) is 39.8 Å². The Morgan fingerprint density at radius 2 is 1.77 bits per heavy atom. The van der Waals surface area contributed by atoms with Crippen LogP contribution < -0.4 is 15.6 Å². The molecule has 5 rings (SSSR count). The molecule has 0 unspecified atom stereocenters. The number of hydrogen-bond donors (Lipinski definition) is 1. The van der Waals surface area contributed by atoms with E-state index in [9.17, 15) is 9.59 Å². The number of carbonyl (C=O) groups is 1. The second-order valence-electron chi connectivity index (χ2n) is 9.30. The second-order valence-corrected chi connectivity index (χ2v) is 9.30. The van der Waals surface area contributed by atoms with E-state index < -0.39 is 0 Å². The number of nitrogens with zero attached hydrogens (tertiary/aromatic N) is 2. The maximum absolute atomic E-state index is 13.0. The quantitative estimate of drug-likeness (QED) is 0.815. The van der Waals surface area contributed by atoms with Crippen LogP contribution in [0.5, 0.6) is 5.75 Å². The number of ether oxygens (including phenoxy) is 1. The molecule has 2 bridgehead atoms. The van der Waals surface area contributed by atoms with E-state index >= 15 is 0 Å². The normalized spacial score (nSPS) is 23.2. The molecule has 1 N–H and O–H groups in total. The van der Waals surface area contributed by atoms with Gasteiger partial charge in [0.1, 0.15) is 5.75 Å². The first kappa shape index (κ1) is 20.2. The highest BCUT2D eigenvalue weighted by Gasteiger charge is 2.38. The fourth-order valence-electron chi connectivity index (χ4n) is 5.71. The van der Waals surface area contributed by atoms with E-state index in [0.29, 0.717) is 25.0 Å². The second kappa shape index (κ2) is 8.40. The smallest absolute Gasteiger partial charge is 0.317 e. The predicted molar refractivity (Wildman–Crippen MR) is 121 cm³/mol. The monoisotopic (exact) mass is 421 g/mol. The Balaban J connectivity index is 1.42. The highest BCUT2D eigenvalue weighted by molar-refractivity contribution is 5.75. The number of fused-ring (bicyclic) bond motifs is 4. The molecular weight excluding hydrogens is 390 g/mol. The number of hydrogen-bond acceptors (Lipinski definition) is 3. The summed E-state index contributed by atoms with van der Waals surface area (Å²) in [5, 5.41) is 3.28. The summed E-state index contributed by atoms with van der Waals surface area (Å²) in [6.45, 7) is 2.08. The summed E-state index contributed by atoms with van der Waals surface area (Å²) in [5.41, 5.74) is 3.29. The van der Waals surface area contributed by atoms with Crippen molar-refractivity contribution in [1.29, 1.82) is 0 Å². The van der Waals surface area contributed by atoms with Crippen molar-refractivity contribution in [3.8, 4) is 16.9 Å². The van der Waals surface area contributed by atoms with Crippen LogP contribution in [-0.2, 0) is 6.54 Å². The third-order valence-electron chi connectivity index (χ3n) is 7.21. The van der Waals surface area contributed by atoms with Crippen LogP contribution in [0.3, 0.4) is 0 Å². The fraction of sp³-hybridized carbons (Fsp3) is 0.520. The molecule has 164 valence electrons. The molecule has 2 amide bonds. The minimum atomic E-state index is 0.0575. The number of likely N-dealkylation sites (tertiary alicyclic amines) is 1. The molecule has 1 aliphatic carbocycles. The van der Waals surface area contributed by atoms with Crippen molar-refractivity contribution in [2.24, 2.45) is 5.92 Å². The zero-order valence-electron chi connectivity index (χ0n) is 18.2. The zero-order valence-corrected chi connectivity index (χ0v) is 18.2. The largest absolute Gasteiger partial charge is 0.497 e. The lowest BCUT2D eigenvalue weighted by atomic mass is 9.80. The van der Waals surface area contributed by atoms with Crippen LogP contribution in [0, 0.1) is 5.92 Å². The number of carbonyl (C=O) groups excluding carboxylic acids is 1. The van der Waals surface area contributed by atoms with Gasteiger partial charge in [-0.15, -0.1) is 0 Å². The Hall–Kier alpha value is -2.76. The van der Waals surface area contributed by atoms with Crippen LogP contribution in [0.15, 0.2) is 41.2 Å². The summed E-state index contributed by atoms with van der Waals surface area (Å²) in [6.07, 6.45) is 6.90. The standard InChI is InChI=1S/C25H31N3O3/c1-31-21-9-7-18(8-10-21)22-11-12-23(29)28-15-17-13-19(24(22)28)16-27(14-17)25(30)26-20-5-3-2-4-6-20/h7-12,17,19-20H,2-6,13-16H2,1H3,(H,26,30)/t17-,19-/m0/s1.